The number of carbonyl (C=O) groups excluding carboxylic acids is 1. The van der Waals surface area contributed by atoms with E-state index in [4.69, 9.17) is 5.53 Å². The molecule has 5 heteroatoms. The highest BCUT2D eigenvalue weighted by Gasteiger charge is 2.08. The molecule has 0 fully saturated rings. The van der Waals surface area contributed by atoms with E-state index in [0.29, 0.717) is 4.88 Å². The Morgan fingerprint density at radius 2 is 1.94 bits per heavy atom. The molecule has 0 aliphatic rings. The van der Waals surface area contributed by atoms with Crippen molar-refractivity contribution in [1.82, 2.24) is 0 Å². The molecule has 1 aromatic carbocycles. The Bertz CT molecular complexity index is 594. The van der Waals surface area contributed by atoms with Crippen molar-refractivity contribution in [2.45, 2.75) is 6.92 Å². The van der Waals surface area contributed by atoms with E-state index in [2.05, 4.69) is 10.0 Å². The van der Waals surface area contributed by atoms with E-state index in [-0.39, 0.29) is 0 Å². The highest BCUT2D eigenvalue weighted by molar-refractivity contribution is 7.17. The van der Waals surface area contributed by atoms with Gasteiger partial charge in [-0.15, -0.1) is 11.3 Å². The van der Waals surface area contributed by atoms with Crippen LogP contribution in [0.1, 0.15) is 15.2 Å². The molecule has 0 saturated heterocycles. The first-order chi connectivity index (χ1) is 8.20. The van der Waals surface area contributed by atoms with E-state index in [9.17, 15) is 4.79 Å². The van der Waals surface area contributed by atoms with E-state index in [1.54, 1.807) is 6.07 Å². The number of azide groups is 1. The van der Waals surface area contributed by atoms with Crippen LogP contribution in [0.15, 0.2) is 41.5 Å². The van der Waals surface area contributed by atoms with Crippen molar-refractivity contribution >= 4 is 17.2 Å². The number of aryl methyl sites for hydroxylation is 1. The third kappa shape index (κ3) is 2.53. The lowest BCUT2D eigenvalue weighted by Crippen LogP contribution is -1.86. The van der Waals surface area contributed by atoms with Gasteiger partial charge in [0.25, 0.3) is 5.91 Å². The van der Waals surface area contributed by atoms with Crippen LogP contribution in [-0.4, -0.2) is 5.91 Å². The molecule has 0 spiro atoms. The SMILES string of the molecule is Cc1ccc(-c2ccc(C(=O)N=[N+]=[N-])s2)cc1. The standard InChI is InChI=1S/C12H9N3OS/c1-8-2-4-9(5-3-8)10-6-7-11(17-10)12(16)14-15-13/h2-7H,1H3. The number of hydrogen-bond donors (Lipinski definition) is 0. The second-order valence-electron chi connectivity index (χ2n) is 3.52. The molecule has 84 valence electrons. The molecule has 0 unspecified atom stereocenters. The first kappa shape index (κ1) is 11.4. The van der Waals surface area contributed by atoms with Gasteiger partial charge in [0, 0.05) is 9.79 Å². The first-order valence-corrected chi connectivity index (χ1v) is 5.78. The molecular formula is C12H9N3OS. The molecule has 17 heavy (non-hydrogen) atoms. The smallest absolute Gasteiger partial charge is 0.259 e. The van der Waals surface area contributed by atoms with Gasteiger partial charge in [-0.25, -0.2) is 0 Å². The highest BCUT2D eigenvalue weighted by atomic mass is 32.1. The molecule has 0 aliphatic heterocycles. The molecule has 2 aromatic rings. The maximum atomic E-state index is 11.3. The Hall–Kier alpha value is -2.10. The maximum Gasteiger partial charge on any atom is 0.259 e. The van der Waals surface area contributed by atoms with E-state index in [1.165, 1.54) is 16.9 Å². The summed E-state index contributed by atoms with van der Waals surface area (Å²) in [6, 6.07) is 11.6. The van der Waals surface area contributed by atoms with Gasteiger partial charge in [0.2, 0.25) is 0 Å². The van der Waals surface area contributed by atoms with Gasteiger partial charge >= 0.3 is 0 Å². The summed E-state index contributed by atoms with van der Waals surface area (Å²) in [5.74, 6) is -0.532. The van der Waals surface area contributed by atoms with Gasteiger partial charge in [0.15, 0.2) is 0 Å². The Morgan fingerprint density at radius 1 is 1.24 bits per heavy atom. The Morgan fingerprint density at radius 3 is 2.59 bits per heavy atom. The summed E-state index contributed by atoms with van der Waals surface area (Å²) < 4.78 is 0. The van der Waals surface area contributed by atoms with Gasteiger partial charge in [0.05, 0.1) is 4.88 Å². The predicted octanol–water partition coefficient (Wildman–Crippen LogP) is 4.17. The molecule has 0 N–H and O–H groups in total. The van der Waals surface area contributed by atoms with Crippen LogP contribution in [-0.2, 0) is 0 Å². The molecule has 2 rings (SSSR count). The van der Waals surface area contributed by atoms with Gasteiger partial charge in [0.1, 0.15) is 0 Å². The lowest BCUT2D eigenvalue weighted by Gasteiger charge is -1.97. The van der Waals surface area contributed by atoms with Crippen LogP contribution >= 0.6 is 11.3 Å². The second kappa shape index (κ2) is 4.82. The maximum absolute atomic E-state index is 11.3. The van der Waals surface area contributed by atoms with Gasteiger partial charge in [-0.3, -0.25) is 4.79 Å². The van der Waals surface area contributed by atoms with Crippen LogP contribution in [0.3, 0.4) is 0 Å². The topological polar surface area (TPSA) is 65.8 Å². The Balaban J connectivity index is 2.32. The molecule has 4 nitrogen and oxygen atoms in total. The van der Waals surface area contributed by atoms with Crippen LogP contribution < -0.4 is 0 Å². The summed E-state index contributed by atoms with van der Waals surface area (Å²) in [4.78, 5) is 15.3. The van der Waals surface area contributed by atoms with Gasteiger partial charge < -0.3 is 0 Å². The molecule has 0 saturated carbocycles. The average Bonchev–Trinajstić information content (AvgIpc) is 2.80. The van der Waals surface area contributed by atoms with Crippen LogP contribution in [0, 0.1) is 6.92 Å². The molecule has 1 aromatic heterocycles. The summed E-state index contributed by atoms with van der Waals surface area (Å²) in [6.07, 6.45) is 0. The lowest BCUT2D eigenvalue weighted by atomic mass is 10.1. The van der Waals surface area contributed by atoms with Crippen molar-refractivity contribution in [2.24, 2.45) is 5.11 Å². The van der Waals surface area contributed by atoms with Crippen molar-refractivity contribution < 1.29 is 4.79 Å². The summed E-state index contributed by atoms with van der Waals surface area (Å²) in [6.45, 7) is 2.02. The third-order valence-electron chi connectivity index (χ3n) is 2.29. The number of rotatable bonds is 2. The minimum atomic E-state index is -0.532. The number of nitrogens with zero attached hydrogens (tertiary/aromatic N) is 3. The Labute approximate surface area is 102 Å². The zero-order chi connectivity index (χ0) is 12.3. The van der Waals surface area contributed by atoms with E-state index in [0.717, 1.165) is 10.4 Å². The van der Waals surface area contributed by atoms with E-state index >= 15 is 0 Å². The summed E-state index contributed by atoms with van der Waals surface area (Å²) in [7, 11) is 0. The minimum Gasteiger partial charge on any atom is -0.286 e. The van der Waals surface area contributed by atoms with Crippen LogP contribution in [0.2, 0.25) is 0 Å². The quantitative estimate of drug-likeness (QED) is 0.443. The fraction of sp³-hybridized carbons (Fsp3) is 0.0833. The lowest BCUT2D eigenvalue weighted by molar-refractivity contribution is 0.100. The third-order valence-corrected chi connectivity index (χ3v) is 3.41. The van der Waals surface area contributed by atoms with Gasteiger partial charge in [-0.1, -0.05) is 29.8 Å². The normalized spacial score (nSPS) is 9.71. The van der Waals surface area contributed by atoms with Gasteiger partial charge in [-0.2, -0.15) is 0 Å². The van der Waals surface area contributed by atoms with Crippen LogP contribution in [0.4, 0.5) is 0 Å². The number of thiophene rings is 1. The fourth-order valence-electron chi connectivity index (χ4n) is 1.42. The largest absolute Gasteiger partial charge is 0.286 e. The fourth-order valence-corrected chi connectivity index (χ4v) is 2.31. The molecular weight excluding hydrogens is 234 g/mol. The molecule has 0 bridgehead atoms. The van der Waals surface area contributed by atoms with Crippen molar-refractivity contribution in [3.63, 3.8) is 0 Å². The molecule has 1 amide bonds. The summed E-state index contributed by atoms with van der Waals surface area (Å²) in [5, 5.41) is 3.07. The number of hydrogen-bond acceptors (Lipinski definition) is 2. The first-order valence-electron chi connectivity index (χ1n) is 4.97. The summed E-state index contributed by atoms with van der Waals surface area (Å²) in [5.41, 5.74) is 10.4. The van der Waals surface area contributed by atoms with Crippen LogP contribution in [0.5, 0.6) is 0 Å². The number of carbonyl (C=O) groups is 1. The monoisotopic (exact) mass is 243 g/mol. The van der Waals surface area contributed by atoms with Crippen molar-refractivity contribution in [3.05, 3.63) is 57.3 Å². The van der Waals surface area contributed by atoms with Gasteiger partial charge in [-0.05, 0) is 35.3 Å². The van der Waals surface area contributed by atoms with Crippen molar-refractivity contribution in [3.8, 4) is 10.4 Å². The molecule has 1 heterocycles. The van der Waals surface area contributed by atoms with Crippen molar-refractivity contribution in [1.29, 1.82) is 0 Å². The highest BCUT2D eigenvalue weighted by Crippen LogP contribution is 2.28. The van der Waals surface area contributed by atoms with E-state index < -0.39 is 5.91 Å². The number of benzene rings is 1. The molecule has 0 aliphatic carbocycles. The molecule has 0 atom stereocenters. The average molecular weight is 243 g/mol. The predicted molar refractivity (Wildman–Crippen MR) is 68.0 cm³/mol. The molecule has 0 radical (unpaired) electrons. The van der Waals surface area contributed by atoms with Crippen LogP contribution in [0.25, 0.3) is 20.9 Å². The van der Waals surface area contributed by atoms with E-state index in [1.807, 2.05) is 37.3 Å². The Kier molecular flexibility index (Phi) is 3.23. The van der Waals surface area contributed by atoms with Crippen molar-refractivity contribution in [2.75, 3.05) is 0 Å². The zero-order valence-electron chi connectivity index (χ0n) is 9.12. The number of amides is 1. The zero-order valence-corrected chi connectivity index (χ0v) is 9.94. The summed E-state index contributed by atoms with van der Waals surface area (Å²) >= 11 is 1.33. The minimum absolute atomic E-state index is 0.457. The second-order valence-corrected chi connectivity index (χ2v) is 4.61.